The van der Waals surface area contributed by atoms with Crippen molar-refractivity contribution in [2.45, 2.75) is 0 Å². The van der Waals surface area contributed by atoms with Crippen LogP contribution >= 0.6 is 0 Å². The molecule has 0 atom stereocenters. The van der Waals surface area contributed by atoms with Gasteiger partial charge in [-0.2, -0.15) is 0 Å². The zero-order valence-corrected chi connectivity index (χ0v) is 28.0. The molecule has 0 aromatic carbocycles. The van der Waals surface area contributed by atoms with Crippen molar-refractivity contribution >= 4 is 180 Å². The predicted molar refractivity (Wildman–Crippen MR) is 130 cm³/mol. The topological polar surface area (TPSA) is 575 Å². The Kier molecular flexibility index (Phi) is 153. The van der Waals surface area contributed by atoms with E-state index < -0.39 is 91.7 Å². The molecular weight excluding hydrogens is 830 g/mol. The van der Waals surface area contributed by atoms with E-state index in [9.17, 15) is 0 Å². The predicted octanol–water partition coefficient (Wildman–Crippen LogP) is -18.1. The third kappa shape index (κ3) is 91400. The Morgan fingerprint density at radius 2 is 0.163 bits per heavy atom. The van der Waals surface area contributed by atoms with Gasteiger partial charge in [-0.15, -0.1) is 0 Å². The van der Waals surface area contributed by atoms with Gasteiger partial charge in [0.2, 0.25) is 0 Å². The Morgan fingerprint density at radius 1 is 0.163 bits per heavy atom. The van der Waals surface area contributed by atoms with Crippen LogP contribution < -0.4 is 0 Å². The van der Waals surface area contributed by atoms with Gasteiger partial charge in [0.05, 0.1) is 0 Å². The molecule has 20 N–H and O–H groups in total. The maximum atomic E-state index is 8.74. The molecule has 0 heterocycles. The van der Waals surface area contributed by atoms with Crippen LogP contribution in [0.3, 0.4) is 0 Å². The average Bonchev–Trinajstić information content (AvgIpc) is 2.47. The molecule has 0 unspecified atom stereocenters. The summed E-state index contributed by atoms with van der Waals surface area (Å²) >= 11 is 0. The van der Waals surface area contributed by atoms with Gasteiger partial charge in [0.15, 0.2) is 0 Å². The van der Waals surface area contributed by atoms with Crippen LogP contribution in [0.15, 0.2) is 0 Å². The van der Waals surface area contributed by atoms with Gasteiger partial charge in [-0.05, 0) is 0 Å². The number of hydrogen-bond donors (Lipinski definition) is 20. The van der Waals surface area contributed by atoms with Crippen molar-refractivity contribution in [2.75, 3.05) is 0 Å². The Labute approximate surface area is 317 Å². The van der Waals surface area contributed by atoms with Crippen LogP contribution in [0.5, 0.6) is 0 Å². The summed E-state index contributed by atoms with van der Waals surface area (Å²) in [5.41, 5.74) is 0. The third-order valence-electron chi connectivity index (χ3n) is 0. The average molecular weight is 853 g/mol. The van der Waals surface area contributed by atoms with Crippen LogP contribution in [0.1, 0.15) is 0 Å². The summed E-state index contributed by atoms with van der Waals surface area (Å²) in [4.78, 5) is 143. The summed E-state index contributed by atoms with van der Waals surface area (Å²) in [5, 5.41) is 0. The van der Waals surface area contributed by atoms with Gasteiger partial charge in [-0.3, -0.25) is 44.6 Å². The van der Waals surface area contributed by atoms with E-state index >= 15 is 0 Å². The van der Waals surface area contributed by atoms with Gasteiger partial charge >= 0.3 is 180 Å². The molecule has 0 saturated carbocycles. The summed E-state index contributed by atoms with van der Waals surface area (Å²) < 4.78 is 87.4. The quantitative estimate of drug-likeness (QED) is 0.101. The van der Waals surface area contributed by atoms with E-state index in [1.165, 1.54) is 0 Å². The molecule has 43 heteroatoms. The van der Waals surface area contributed by atoms with E-state index in [1.54, 1.807) is 0 Å². The molecule has 30 nitrogen and oxygen atoms in total. The third-order valence-corrected chi connectivity index (χ3v) is 0. The molecule has 0 spiro atoms. The van der Waals surface area contributed by atoms with Gasteiger partial charge in [-0.1, -0.05) is 0 Å². The summed E-state index contributed by atoms with van der Waals surface area (Å²) in [6.07, 6.45) is 0. The molecule has 0 radical (unpaired) electrons. The van der Waals surface area contributed by atoms with Crippen LogP contribution in [0.4, 0.5) is 0 Å². The minimum atomic E-state index is -3.13. The first-order chi connectivity index (χ1) is 17.3. The Bertz CT molecular complexity index is 478. The second kappa shape index (κ2) is 78.1. The first-order valence-corrected chi connectivity index (χ1v) is 19.5. The first kappa shape index (κ1) is 84.0. The van der Waals surface area contributed by atoms with Crippen LogP contribution in [-0.2, 0) is 44.6 Å². The van der Waals surface area contributed by atoms with Crippen molar-refractivity contribution in [1.29, 1.82) is 0 Å². The molecule has 0 aromatic rings. The molecule has 43 heavy (non-hydrogen) atoms. The molecule has 0 aromatic heterocycles. The van der Waals surface area contributed by atoms with E-state index in [1.807, 2.05) is 0 Å². The van der Waals surface area contributed by atoms with Crippen molar-refractivity contribution in [3.05, 3.63) is 0 Å². The fraction of sp³-hybridized carbons (Fsp3) is 0. The normalized spacial score (nSPS) is 5.58. The molecular formula is H23Na3O30Si10. The van der Waals surface area contributed by atoms with Gasteiger partial charge in [0, 0.05) is 0 Å². The van der Waals surface area contributed by atoms with Crippen LogP contribution in [0, 0.1) is 0 Å². The molecule has 0 rings (SSSR count). The Balaban J connectivity index is -0.0000000210. The molecule has 0 aliphatic heterocycles. The van der Waals surface area contributed by atoms with Crippen molar-refractivity contribution in [3.63, 3.8) is 0 Å². The standard InChI is InChI=1S/3Na.10H2O3Si.3H/c;;;10*1-4(2)3;;;/h;;;10*1-2H;;;. The second-order valence-electron chi connectivity index (χ2n) is 2.83. The maximum absolute atomic E-state index is 8.74. The van der Waals surface area contributed by atoms with Crippen molar-refractivity contribution < 1.29 is 141 Å². The molecule has 0 saturated heterocycles. The summed E-state index contributed by atoms with van der Waals surface area (Å²) in [5.74, 6) is 0. The van der Waals surface area contributed by atoms with Crippen LogP contribution in [0.2, 0.25) is 0 Å². The van der Waals surface area contributed by atoms with E-state index in [2.05, 4.69) is 0 Å². The van der Waals surface area contributed by atoms with Gasteiger partial charge in [0.1, 0.15) is 0 Å². The SMILES string of the molecule is O=[Si](O)O.O=[Si](O)O.O=[Si](O)O.O=[Si](O)O.O=[Si](O)O.O=[Si](O)O.O=[Si](O)O.O=[Si](O)O.O=[Si](O)O.O=[Si](O)O.[NaH].[NaH].[NaH]. The number of rotatable bonds is 0. The monoisotopic (exact) mass is 852 g/mol. The second-order valence-corrected chi connectivity index (χ2v) is 8.48. The Morgan fingerprint density at radius 3 is 0.163 bits per heavy atom. The molecule has 0 aliphatic carbocycles. The van der Waals surface area contributed by atoms with E-state index in [4.69, 9.17) is 141 Å². The van der Waals surface area contributed by atoms with Crippen LogP contribution in [-0.4, -0.2) is 276 Å². The molecule has 0 amide bonds. The summed E-state index contributed by atoms with van der Waals surface area (Å²) in [6, 6.07) is 0. The minimum absolute atomic E-state index is 0. The number of hydrogen-bond acceptors (Lipinski definition) is 10. The summed E-state index contributed by atoms with van der Waals surface area (Å²) in [7, 11) is -31.3. The van der Waals surface area contributed by atoms with Crippen LogP contribution in [0.25, 0.3) is 0 Å². The fourth-order valence-corrected chi connectivity index (χ4v) is 0. The molecule has 0 bridgehead atoms. The van der Waals surface area contributed by atoms with Gasteiger partial charge in [-0.25, -0.2) is 0 Å². The fourth-order valence-electron chi connectivity index (χ4n) is 0. The summed E-state index contributed by atoms with van der Waals surface area (Å²) in [6.45, 7) is 0. The van der Waals surface area contributed by atoms with Crippen molar-refractivity contribution in [2.24, 2.45) is 0 Å². The molecule has 0 aliphatic rings. The van der Waals surface area contributed by atoms with Gasteiger partial charge < -0.3 is 95.9 Å². The first-order valence-electron chi connectivity index (χ1n) is 6.51. The zero-order chi connectivity index (χ0) is 35.8. The van der Waals surface area contributed by atoms with E-state index in [-0.39, 0.29) is 88.7 Å². The van der Waals surface area contributed by atoms with Crippen molar-refractivity contribution in [1.82, 2.24) is 0 Å². The zero-order valence-electron chi connectivity index (χ0n) is 18.0. The molecule has 0 fully saturated rings. The van der Waals surface area contributed by atoms with Gasteiger partial charge in [0.25, 0.3) is 0 Å². The Hall–Kier alpha value is -0.831. The van der Waals surface area contributed by atoms with E-state index in [0.717, 1.165) is 0 Å². The van der Waals surface area contributed by atoms with Crippen molar-refractivity contribution in [3.8, 4) is 0 Å². The molecule has 246 valence electrons. The van der Waals surface area contributed by atoms with E-state index in [0.29, 0.717) is 0 Å².